The Morgan fingerprint density at radius 2 is 2.25 bits per heavy atom. The van der Waals surface area contributed by atoms with Gasteiger partial charge in [-0.25, -0.2) is 0 Å². The van der Waals surface area contributed by atoms with E-state index in [2.05, 4.69) is 6.92 Å². The van der Waals surface area contributed by atoms with Gasteiger partial charge in [-0.1, -0.05) is 6.92 Å². The molecule has 0 bridgehead atoms. The van der Waals surface area contributed by atoms with Crippen LogP contribution in [-0.4, -0.2) is 18.0 Å². The largest absolute Gasteiger partial charge is 0.497 e. The van der Waals surface area contributed by atoms with Gasteiger partial charge in [0.15, 0.2) is 0 Å². The summed E-state index contributed by atoms with van der Waals surface area (Å²) in [6, 6.07) is 5.60. The SMILES string of the molecule is COc1ccc2nc3c(c(C(N)=O)c2c1)CCC[C@@H]3C. The molecule has 1 heterocycles. The summed E-state index contributed by atoms with van der Waals surface area (Å²) < 4.78 is 5.24. The highest BCUT2D eigenvalue weighted by Gasteiger charge is 2.25. The summed E-state index contributed by atoms with van der Waals surface area (Å²) in [4.78, 5) is 16.7. The average Bonchev–Trinajstić information content (AvgIpc) is 2.44. The molecule has 1 aliphatic rings. The summed E-state index contributed by atoms with van der Waals surface area (Å²) in [5.41, 5.74) is 9.12. The van der Waals surface area contributed by atoms with Crippen molar-refractivity contribution < 1.29 is 9.53 Å². The van der Waals surface area contributed by atoms with E-state index in [9.17, 15) is 4.79 Å². The molecule has 20 heavy (non-hydrogen) atoms. The molecule has 0 saturated heterocycles. The molecule has 0 spiro atoms. The van der Waals surface area contributed by atoms with Crippen LogP contribution in [0.25, 0.3) is 10.9 Å². The van der Waals surface area contributed by atoms with Crippen LogP contribution in [0.1, 0.15) is 47.3 Å². The number of carbonyl (C=O) groups excluding carboxylic acids is 1. The van der Waals surface area contributed by atoms with Crippen molar-refractivity contribution in [1.82, 2.24) is 4.98 Å². The molecule has 1 aromatic carbocycles. The summed E-state index contributed by atoms with van der Waals surface area (Å²) in [5.74, 6) is 0.713. The number of primary amides is 1. The number of benzene rings is 1. The molecule has 0 aliphatic heterocycles. The van der Waals surface area contributed by atoms with Gasteiger partial charge in [0.2, 0.25) is 5.91 Å². The second-order valence-electron chi connectivity index (χ2n) is 5.39. The smallest absolute Gasteiger partial charge is 0.249 e. The first-order chi connectivity index (χ1) is 9.61. The summed E-state index contributed by atoms with van der Waals surface area (Å²) in [6.45, 7) is 2.16. The fourth-order valence-electron chi connectivity index (χ4n) is 3.09. The van der Waals surface area contributed by atoms with E-state index >= 15 is 0 Å². The summed E-state index contributed by atoms with van der Waals surface area (Å²) >= 11 is 0. The van der Waals surface area contributed by atoms with E-state index in [-0.39, 0.29) is 5.91 Å². The molecule has 0 saturated carbocycles. The molecule has 1 atom stereocenters. The highest BCUT2D eigenvalue weighted by molar-refractivity contribution is 6.07. The highest BCUT2D eigenvalue weighted by Crippen LogP contribution is 2.35. The van der Waals surface area contributed by atoms with Crippen LogP contribution < -0.4 is 10.5 Å². The van der Waals surface area contributed by atoms with E-state index in [0.29, 0.717) is 17.2 Å². The number of methoxy groups -OCH3 is 1. The molecular formula is C16H18N2O2. The first-order valence-corrected chi connectivity index (χ1v) is 6.92. The number of fused-ring (bicyclic) bond motifs is 2. The fraction of sp³-hybridized carbons (Fsp3) is 0.375. The normalized spacial score (nSPS) is 17.8. The zero-order chi connectivity index (χ0) is 14.3. The lowest BCUT2D eigenvalue weighted by atomic mass is 9.84. The minimum atomic E-state index is -0.379. The Bertz CT molecular complexity index is 694. The molecular weight excluding hydrogens is 252 g/mol. The van der Waals surface area contributed by atoms with Crippen molar-refractivity contribution in [3.05, 3.63) is 35.0 Å². The maximum atomic E-state index is 11.9. The maximum Gasteiger partial charge on any atom is 0.249 e. The van der Waals surface area contributed by atoms with Gasteiger partial charge in [0.25, 0.3) is 0 Å². The third kappa shape index (κ3) is 1.92. The zero-order valence-electron chi connectivity index (χ0n) is 11.8. The molecule has 4 nitrogen and oxygen atoms in total. The Kier molecular flexibility index (Phi) is 3.08. The number of nitrogens with zero attached hydrogens (tertiary/aromatic N) is 1. The van der Waals surface area contributed by atoms with Crippen molar-refractivity contribution in [3.8, 4) is 5.75 Å². The van der Waals surface area contributed by atoms with Crippen LogP contribution in [0.5, 0.6) is 5.75 Å². The lowest BCUT2D eigenvalue weighted by molar-refractivity contribution is 0.100. The van der Waals surface area contributed by atoms with Gasteiger partial charge in [-0.15, -0.1) is 0 Å². The van der Waals surface area contributed by atoms with Crippen LogP contribution in [0.3, 0.4) is 0 Å². The highest BCUT2D eigenvalue weighted by atomic mass is 16.5. The van der Waals surface area contributed by atoms with Gasteiger partial charge < -0.3 is 10.5 Å². The monoisotopic (exact) mass is 270 g/mol. The fourth-order valence-corrected chi connectivity index (χ4v) is 3.09. The van der Waals surface area contributed by atoms with Crippen molar-refractivity contribution in [1.29, 1.82) is 0 Å². The quantitative estimate of drug-likeness (QED) is 0.912. The molecule has 0 unspecified atom stereocenters. The van der Waals surface area contributed by atoms with E-state index in [1.807, 2.05) is 18.2 Å². The van der Waals surface area contributed by atoms with Crippen LogP contribution in [0.2, 0.25) is 0 Å². The molecule has 1 aliphatic carbocycles. The molecule has 0 radical (unpaired) electrons. The average molecular weight is 270 g/mol. The maximum absolute atomic E-state index is 11.9. The van der Waals surface area contributed by atoms with Crippen LogP contribution >= 0.6 is 0 Å². The Balaban J connectivity index is 2.38. The zero-order valence-corrected chi connectivity index (χ0v) is 11.8. The number of carbonyl (C=O) groups is 1. The molecule has 4 heteroatoms. The number of ether oxygens (including phenoxy) is 1. The van der Waals surface area contributed by atoms with Crippen molar-refractivity contribution in [3.63, 3.8) is 0 Å². The van der Waals surface area contributed by atoms with E-state index in [0.717, 1.165) is 41.4 Å². The topological polar surface area (TPSA) is 65.2 Å². The third-order valence-electron chi connectivity index (χ3n) is 4.10. The number of hydrogen-bond donors (Lipinski definition) is 1. The van der Waals surface area contributed by atoms with E-state index in [1.54, 1.807) is 7.11 Å². The van der Waals surface area contributed by atoms with Gasteiger partial charge in [0, 0.05) is 11.1 Å². The Labute approximate surface area is 117 Å². The van der Waals surface area contributed by atoms with Crippen LogP contribution in [0, 0.1) is 0 Å². The Morgan fingerprint density at radius 3 is 2.95 bits per heavy atom. The number of pyridine rings is 1. The third-order valence-corrected chi connectivity index (χ3v) is 4.10. The van der Waals surface area contributed by atoms with E-state index in [1.165, 1.54) is 0 Å². The lowest BCUT2D eigenvalue weighted by Gasteiger charge is -2.24. The first-order valence-electron chi connectivity index (χ1n) is 6.92. The van der Waals surface area contributed by atoms with Gasteiger partial charge in [-0.2, -0.15) is 0 Å². The van der Waals surface area contributed by atoms with E-state index < -0.39 is 0 Å². The summed E-state index contributed by atoms with van der Waals surface area (Å²) in [6.07, 6.45) is 3.06. The van der Waals surface area contributed by atoms with Gasteiger partial charge in [0.05, 0.1) is 18.2 Å². The predicted octanol–water partition coefficient (Wildman–Crippen LogP) is 2.78. The van der Waals surface area contributed by atoms with Crippen molar-refractivity contribution in [2.45, 2.75) is 32.1 Å². The second kappa shape index (κ2) is 4.78. The van der Waals surface area contributed by atoms with Gasteiger partial charge >= 0.3 is 0 Å². The molecule has 104 valence electrons. The first kappa shape index (κ1) is 12.9. The molecule has 1 aromatic heterocycles. The van der Waals surface area contributed by atoms with Gasteiger partial charge in [-0.05, 0) is 48.9 Å². The van der Waals surface area contributed by atoms with Crippen molar-refractivity contribution in [2.24, 2.45) is 5.73 Å². The van der Waals surface area contributed by atoms with Gasteiger partial charge in [-0.3, -0.25) is 9.78 Å². The standard InChI is InChI=1S/C16H18N2O2/c1-9-4-3-5-11-14(16(17)19)12-8-10(20-2)6-7-13(12)18-15(9)11/h6-9H,3-5H2,1-2H3,(H2,17,19)/t9-/m0/s1. The van der Waals surface area contributed by atoms with Crippen LogP contribution in [-0.2, 0) is 6.42 Å². The molecule has 2 N–H and O–H groups in total. The van der Waals surface area contributed by atoms with E-state index in [4.69, 9.17) is 15.5 Å². The Hall–Kier alpha value is -2.10. The van der Waals surface area contributed by atoms with Gasteiger partial charge in [0.1, 0.15) is 5.75 Å². The number of nitrogens with two attached hydrogens (primary N) is 1. The number of amides is 1. The summed E-state index contributed by atoms with van der Waals surface area (Å²) in [7, 11) is 1.61. The second-order valence-corrected chi connectivity index (χ2v) is 5.39. The minimum absolute atomic E-state index is 0.378. The Morgan fingerprint density at radius 1 is 1.45 bits per heavy atom. The van der Waals surface area contributed by atoms with Crippen molar-refractivity contribution >= 4 is 16.8 Å². The molecule has 3 rings (SSSR count). The van der Waals surface area contributed by atoms with Crippen LogP contribution in [0.15, 0.2) is 18.2 Å². The minimum Gasteiger partial charge on any atom is -0.497 e. The van der Waals surface area contributed by atoms with Crippen LogP contribution in [0.4, 0.5) is 0 Å². The number of aromatic nitrogens is 1. The molecule has 0 fully saturated rings. The lowest BCUT2D eigenvalue weighted by Crippen LogP contribution is -2.20. The number of hydrogen-bond acceptors (Lipinski definition) is 3. The number of rotatable bonds is 2. The molecule has 2 aromatic rings. The van der Waals surface area contributed by atoms with Crippen molar-refractivity contribution in [2.75, 3.05) is 7.11 Å². The summed E-state index contributed by atoms with van der Waals surface area (Å²) in [5, 5.41) is 0.796. The molecule has 1 amide bonds. The predicted molar refractivity (Wildman–Crippen MR) is 78.2 cm³/mol.